The topological polar surface area (TPSA) is 45.5 Å². The Kier molecular flexibility index (Phi) is 5.79. The number of nitrogens with zero attached hydrogens (tertiary/aromatic N) is 1. The zero-order valence-corrected chi connectivity index (χ0v) is 16.7. The normalized spacial score (nSPS) is 23.7. The van der Waals surface area contributed by atoms with E-state index in [0.717, 1.165) is 56.5 Å². The maximum absolute atomic E-state index is 12.1. The first kappa shape index (κ1) is 18.5. The van der Waals surface area contributed by atoms with Crippen molar-refractivity contribution >= 4 is 23.3 Å². The fourth-order valence-corrected chi connectivity index (χ4v) is 4.56. The molecule has 4 rings (SSSR count). The lowest BCUT2D eigenvalue weighted by Gasteiger charge is -2.31. The molecule has 0 bridgehead atoms. The molecule has 2 aliphatic rings. The highest BCUT2D eigenvalue weighted by molar-refractivity contribution is 7.09. The van der Waals surface area contributed by atoms with Crippen LogP contribution in [0.25, 0.3) is 6.08 Å². The highest BCUT2D eigenvalue weighted by atomic mass is 32.1. The summed E-state index contributed by atoms with van der Waals surface area (Å²) in [5.74, 6) is 3.67. The van der Waals surface area contributed by atoms with Crippen molar-refractivity contribution in [1.82, 2.24) is 10.2 Å². The van der Waals surface area contributed by atoms with Gasteiger partial charge in [0.05, 0.1) is 0 Å². The predicted octanol–water partition coefficient (Wildman–Crippen LogP) is 4.51. The van der Waals surface area contributed by atoms with Gasteiger partial charge in [-0.25, -0.2) is 0 Å². The average Bonchev–Trinajstić information content (AvgIpc) is 3.07. The lowest BCUT2D eigenvalue weighted by molar-refractivity contribution is -0.116. The zero-order valence-electron chi connectivity index (χ0n) is 15.9. The molecule has 1 amide bonds. The van der Waals surface area contributed by atoms with Crippen LogP contribution in [0.2, 0.25) is 0 Å². The lowest BCUT2D eigenvalue weighted by atomic mass is 9.97. The molecule has 1 aliphatic heterocycles. The van der Waals surface area contributed by atoms with Crippen molar-refractivity contribution in [3.63, 3.8) is 0 Å². The van der Waals surface area contributed by atoms with Crippen LogP contribution in [0.15, 0.2) is 40.1 Å². The van der Waals surface area contributed by atoms with Crippen molar-refractivity contribution in [2.45, 2.75) is 38.6 Å². The highest BCUT2D eigenvalue weighted by Crippen LogP contribution is 2.47. The van der Waals surface area contributed by atoms with Gasteiger partial charge < -0.3 is 9.73 Å². The molecule has 5 heteroatoms. The van der Waals surface area contributed by atoms with Crippen LogP contribution in [0.3, 0.4) is 0 Å². The Morgan fingerprint density at radius 1 is 1.33 bits per heavy atom. The number of rotatable bonds is 7. The Balaban J connectivity index is 1.16. The Morgan fingerprint density at radius 3 is 2.85 bits per heavy atom. The fraction of sp³-hybridized carbons (Fsp3) is 0.500. The molecule has 1 saturated heterocycles. The summed E-state index contributed by atoms with van der Waals surface area (Å²) in [4.78, 5) is 16.0. The van der Waals surface area contributed by atoms with Gasteiger partial charge in [-0.2, -0.15) is 0 Å². The molecule has 27 heavy (non-hydrogen) atoms. The molecule has 0 radical (unpaired) electrons. The molecule has 1 saturated carbocycles. The summed E-state index contributed by atoms with van der Waals surface area (Å²) in [6.07, 6.45) is 6.87. The number of carbonyl (C=O) groups excluding carboxylic acids is 1. The van der Waals surface area contributed by atoms with Gasteiger partial charge in [0.2, 0.25) is 5.91 Å². The summed E-state index contributed by atoms with van der Waals surface area (Å²) in [5, 5.41) is 5.19. The molecule has 0 aromatic carbocycles. The van der Waals surface area contributed by atoms with Gasteiger partial charge in [0.25, 0.3) is 0 Å². The third-order valence-corrected chi connectivity index (χ3v) is 6.61. The lowest BCUT2D eigenvalue weighted by Crippen LogP contribution is -2.37. The number of hydrogen-bond acceptors (Lipinski definition) is 4. The molecule has 2 unspecified atom stereocenters. The highest BCUT2D eigenvalue weighted by Gasteiger charge is 2.36. The van der Waals surface area contributed by atoms with Crippen LogP contribution < -0.4 is 5.32 Å². The number of likely N-dealkylation sites (tertiary alicyclic amines) is 1. The molecule has 2 aromatic heterocycles. The second-order valence-corrected chi connectivity index (χ2v) is 8.97. The summed E-state index contributed by atoms with van der Waals surface area (Å²) in [6.45, 7) is 6.29. The Morgan fingerprint density at radius 2 is 2.15 bits per heavy atom. The van der Waals surface area contributed by atoms with Crippen LogP contribution in [0.1, 0.15) is 48.5 Å². The van der Waals surface area contributed by atoms with Crippen LogP contribution >= 0.6 is 11.3 Å². The monoisotopic (exact) mass is 384 g/mol. The first-order valence-electron chi connectivity index (χ1n) is 9.98. The van der Waals surface area contributed by atoms with E-state index in [2.05, 4.69) is 34.7 Å². The standard InChI is InChI=1S/C22H28N2O2S/c1-16-13-20(16)21-6-4-18(26-21)5-7-22(25)23-14-17-8-10-24(11-9-17)15-19-3-2-12-27-19/h2-7,12,16-17,20H,8-11,13-15H2,1H3,(H,23,25)/b7-5+. The third-order valence-electron chi connectivity index (χ3n) is 5.75. The minimum absolute atomic E-state index is 0.0336. The van der Waals surface area contributed by atoms with Gasteiger partial charge in [-0.1, -0.05) is 13.0 Å². The molecular weight excluding hydrogens is 356 g/mol. The number of thiophene rings is 1. The van der Waals surface area contributed by atoms with E-state index in [1.165, 1.54) is 11.3 Å². The van der Waals surface area contributed by atoms with Gasteiger partial charge in [-0.05, 0) is 73.8 Å². The van der Waals surface area contributed by atoms with Gasteiger partial charge in [-0.15, -0.1) is 11.3 Å². The summed E-state index contributed by atoms with van der Waals surface area (Å²) in [6, 6.07) is 8.31. The number of amides is 1. The summed E-state index contributed by atoms with van der Waals surface area (Å²) in [5.41, 5.74) is 0. The van der Waals surface area contributed by atoms with Crippen LogP contribution in [0.5, 0.6) is 0 Å². The Labute approximate surface area is 165 Å². The maximum atomic E-state index is 12.1. The molecule has 1 N–H and O–H groups in total. The minimum atomic E-state index is -0.0336. The van der Waals surface area contributed by atoms with Crippen LogP contribution in [0.4, 0.5) is 0 Å². The number of nitrogens with one attached hydrogen (secondary N) is 1. The summed E-state index contributed by atoms with van der Waals surface area (Å²) >= 11 is 1.83. The first-order chi connectivity index (χ1) is 13.2. The van der Waals surface area contributed by atoms with Crippen LogP contribution in [-0.4, -0.2) is 30.4 Å². The van der Waals surface area contributed by atoms with Crippen molar-refractivity contribution in [2.75, 3.05) is 19.6 Å². The van der Waals surface area contributed by atoms with Gasteiger partial charge >= 0.3 is 0 Å². The summed E-state index contributed by atoms with van der Waals surface area (Å²) in [7, 11) is 0. The molecule has 2 atom stereocenters. The number of hydrogen-bond donors (Lipinski definition) is 1. The molecule has 0 spiro atoms. The maximum Gasteiger partial charge on any atom is 0.244 e. The van der Waals surface area contributed by atoms with Crippen molar-refractivity contribution in [2.24, 2.45) is 11.8 Å². The number of carbonyl (C=O) groups is 1. The zero-order chi connectivity index (χ0) is 18.6. The van der Waals surface area contributed by atoms with Crippen LogP contribution in [0, 0.1) is 11.8 Å². The van der Waals surface area contributed by atoms with Crippen LogP contribution in [-0.2, 0) is 11.3 Å². The van der Waals surface area contributed by atoms with Gasteiger partial charge in [0, 0.05) is 30.0 Å². The predicted molar refractivity (Wildman–Crippen MR) is 110 cm³/mol. The van der Waals surface area contributed by atoms with Crippen molar-refractivity contribution in [1.29, 1.82) is 0 Å². The molecule has 2 aromatic rings. The van der Waals surface area contributed by atoms with E-state index in [4.69, 9.17) is 4.42 Å². The van der Waals surface area contributed by atoms with E-state index < -0.39 is 0 Å². The van der Waals surface area contributed by atoms with Crippen molar-refractivity contribution in [3.05, 3.63) is 52.1 Å². The van der Waals surface area contributed by atoms with Crippen molar-refractivity contribution < 1.29 is 9.21 Å². The Hall–Kier alpha value is -1.85. The molecule has 144 valence electrons. The van der Waals surface area contributed by atoms with E-state index >= 15 is 0 Å². The van der Waals surface area contributed by atoms with Gasteiger partial charge in [0.1, 0.15) is 11.5 Å². The largest absolute Gasteiger partial charge is 0.461 e. The number of furan rings is 1. The average molecular weight is 385 g/mol. The number of piperidine rings is 1. The van der Waals surface area contributed by atoms with Gasteiger partial charge in [0.15, 0.2) is 0 Å². The summed E-state index contributed by atoms with van der Waals surface area (Å²) < 4.78 is 5.81. The molecular formula is C22H28N2O2S. The van der Waals surface area contributed by atoms with E-state index in [-0.39, 0.29) is 5.91 Å². The minimum Gasteiger partial charge on any atom is -0.461 e. The van der Waals surface area contributed by atoms with Crippen molar-refractivity contribution in [3.8, 4) is 0 Å². The van der Waals surface area contributed by atoms with E-state index in [9.17, 15) is 4.79 Å². The second kappa shape index (κ2) is 8.44. The first-order valence-corrected chi connectivity index (χ1v) is 10.9. The molecule has 1 aliphatic carbocycles. The Bertz CT molecular complexity index is 772. The van der Waals surface area contributed by atoms with Gasteiger partial charge in [-0.3, -0.25) is 9.69 Å². The van der Waals surface area contributed by atoms with E-state index in [0.29, 0.717) is 11.8 Å². The fourth-order valence-electron chi connectivity index (χ4n) is 3.81. The smallest absolute Gasteiger partial charge is 0.244 e. The SMILES string of the molecule is CC1CC1c1ccc(/C=C/C(=O)NCC2CCN(Cc3cccs3)CC2)o1. The second-order valence-electron chi connectivity index (χ2n) is 7.94. The quantitative estimate of drug-likeness (QED) is 0.715. The molecule has 3 heterocycles. The van der Waals surface area contributed by atoms with E-state index in [1.54, 1.807) is 12.2 Å². The van der Waals surface area contributed by atoms with E-state index in [1.807, 2.05) is 23.5 Å². The molecule has 2 fully saturated rings. The molecule has 4 nitrogen and oxygen atoms in total. The third kappa shape index (κ3) is 5.11.